The monoisotopic (exact) mass is 467 g/mol. The third-order valence-electron chi connectivity index (χ3n) is 6.58. The fraction of sp³-hybridized carbons (Fsp3) is 0.391. The number of nitrogens with zero attached hydrogens (tertiary/aromatic N) is 6. The first kappa shape index (κ1) is 20.6. The fourth-order valence-electron chi connectivity index (χ4n) is 4.88. The van der Waals surface area contributed by atoms with Crippen LogP contribution in [-0.4, -0.2) is 44.4 Å². The molecule has 170 valence electrons. The van der Waals surface area contributed by atoms with E-state index in [1.54, 1.807) is 22.0 Å². The molecular weight excluding hydrogens is 444 g/mol. The normalized spacial score (nSPS) is 19.6. The molecule has 7 nitrogen and oxygen atoms in total. The van der Waals surface area contributed by atoms with Gasteiger partial charge in [-0.3, -0.25) is 0 Å². The van der Waals surface area contributed by atoms with Crippen LogP contribution in [-0.2, 0) is 0 Å². The van der Waals surface area contributed by atoms with Crippen molar-refractivity contribution in [3.63, 3.8) is 0 Å². The quantitative estimate of drug-likeness (QED) is 0.482. The number of nitrogens with one attached hydrogen (secondary N) is 1. The highest BCUT2D eigenvalue weighted by Gasteiger charge is 2.30. The van der Waals surface area contributed by atoms with Crippen LogP contribution in [0.5, 0.6) is 0 Å². The number of hydrogen-bond acceptors (Lipinski definition) is 7. The van der Waals surface area contributed by atoms with Crippen molar-refractivity contribution in [1.29, 1.82) is 0 Å². The van der Waals surface area contributed by atoms with Crippen molar-refractivity contribution in [2.24, 2.45) is 0 Å². The van der Waals surface area contributed by atoms with E-state index in [2.05, 4.69) is 25.5 Å². The molecule has 1 aromatic carbocycles. The lowest BCUT2D eigenvalue weighted by molar-refractivity contribution is 0.457. The molecule has 4 aromatic rings. The summed E-state index contributed by atoms with van der Waals surface area (Å²) in [4.78, 5) is 6.93. The van der Waals surface area contributed by atoms with Crippen LogP contribution in [0, 0.1) is 11.6 Å². The van der Waals surface area contributed by atoms with Gasteiger partial charge in [0.05, 0.1) is 17.8 Å². The first-order valence-electron chi connectivity index (χ1n) is 11.3. The van der Waals surface area contributed by atoms with Gasteiger partial charge < -0.3 is 10.2 Å². The summed E-state index contributed by atoms with van der Waals surface area (Å²) in [5, 5.41) is 18.6. The van der Waals surface area contributed by atoms with Crippen LogP contribution in [0.2, 0.25) is 0 Å². The molecule has 0 radical (unpaired) electrons. The predicted molar refractivity (Wildman–Crippen MR) is 122 cm³/mol. The average Bonchev–Trinajstić information content (AvgIpc) is 3.60. The lowest BCUT2D eigenvalue weighted by Crippen LogP contribution is -2.26. The molecule has 2 aliphatic rings. The Bertz CT molecular complexity index is 1300. The third-order valence-corrected chi connectivity index (χ3v) is 7.70. The smallest absolute Gasteiger partial charge is 0.167 e. The largest absolute Gasteiger partial charge is 0.349 e. The predicted octanol–water partition coefficient (Wildman–Crippen LogP) is 4.33. The van der Waals surface area contributed by atoms with Crippen LogP contribution in [0.25, 0.3) is 16.2 Å². The summed E-state index contributed by atoms with van der Waals surface area (Å²) in [5.41, 5.74) is 1.90. The van der Waals surface area contributed by atoms with Gasteiger partial charge in [0.1, 0.15) is 22.5 Å². The van der Waals surface area contributed by atoms with Gasteiger partial charge >= 0.3 is 0 Å². The maximum absolute atomic E-state index is 14.5. The van der Waals surface area contributed by atoms with Crippen LogP contribution in [0.4, 0.5) is 14.6 Å². The van der Waals surface area contributed by atoms with E-state index >= 15 is 0 Å². The third kappa shape index (κ3) is 3.76. The molecule has 33 heavy (non-hydrogen) atoms. The SMILES string of the molecule is Fc1ccc(F)c(C2CCCN2c2ccn3ncc(-c4nnc(C5CCNCC5)s4)c3n2)c1. The number of aromatic nitrogens is 5. The van der Waals surface area contributed by atoms with Gasteiger partial charge in [-0.15, -0.1) is 10.2 Å². The van der Waals surface area contributed by atoms with E-state index < -0.39 is 11.6 Å². The van der Waals surface area contributed by atoms with E-state index in [4.69, 9.17) is 4.98 Å². The van der Waals surface area contributed by atoms with Crippen LogP contribution >= 0.6 is 11.3 Å². The van der Waals surface area contributed by atoms with Gasteiger partial charge in [0.25, 0.3) is 0 Å². The Morgan fingerprint density at radius 2 is 1.94 bits per heavy atom. The van der Waals surface area contributed by atoms with Crippen molar-refractivity contribution >= 4 is 22.8 Å². The van der Waals surface area contributed by atoms with Gasteiger partial charge in [0, 0.05) is 24.2 Å². The second-order valence-electron chi connectivity index (χ2n) is 8.60. The van der Waals surface area contributed by atoms with E-state index in [0.717, 1.165) is 72.8 Å². The Labute approximate surface area is 193 Å². The molecule has 0 amide bonds. The van der Waals surface area contributed by atoms with Crippen molar-refractivity contribution in [3.8, 4) is 10.6 Å². The lowest BCUT2D eigenvalue weighted by Gasteiger charge is -2.26. The number of fused-ring (bicyclic) bond motifs is 1. The van der Waals surface area contributed by atoms with Gasteiger partial charge in [0.2, 0.25) is 0 Å². The molecule has 6 rings (SSSR count). The molecule has 0 spiro atoms. The number of halogens is 2. The highest BCUT2D eigenvalue weighted by Crippen LogP contribution is 2.38. The molecule has 1 N–H and O–H groups in total. The molecule has 0 saturated carbocycles. The van der Waals surface area contributed by atoms with Gasteiger partial charge in [-0.25, -0.2) is 18.3 Å². The lowest BCUT2D eigenvalue weighted by atomic mass is 9.99. The zero-order valence-corrected chi connectivity index (χ0v) is 18.7. The first-order chi connectivity index (χ1) is 16.2. The molecule has 1 atom stereocenters. The molecule has 0 aliphatic carbocycles. The number of benzene rings is 1. The van der Waals surface area contributed by atoms with Crippen LogP contribution in [0.3, 0.4) is 0 Å². The number of hydrogen-bond donors (Lipinski definition) is 1. The maximum atomic E-state index is 14.5. The topological polar surface area (TPSA) is 71.2 Å². The molecule has 10 heteroatoms. The minimum Gasteiger partial charge on any atom is -0.349 e. The Kier molecular flexibility index (Phi) is 5.26. The Morgan fingerprint density at radius 3 is 2.82 bits per heavy atom. The van der Waals surface area contributed by atoms with Gasteiger partial charge in [-0.05, 0) is 63.0 Å². The molecule has 1 unspecified atom stereocenters. The second kappa shape index (κ2) is 8.42. The molecule has 0 bridgehead atoms. The molecule has 2 aliphatic heterocycles. The summed E-state index contributed by atoms with van der Waals surface area (Å²) in [5.74, 6) is 0.340. The summed E-state index contributed by atoms with van der Waals surface area (Å²) < 4.78 is 30.1. The van der Waals surface area contributed by atoms with Crippen molar-refractivity contribution in [3.05, 3.63) is 58.9 Å². The minimum atomic E-state index is -0.430. The van der Waals surface area contributed by atoms with Crippen LogP contribution in [0.15, 0.2) is 36.7 Å². The number of rotatable bonds is 4. The van der Waals surface area contributed by atoms with Crippen LogP contribution < -0.4 is 10.2 Å². The number of anilines is 1. The molecule has 3 aromatic heterocycles. The highest BCUT2D eigenvalue weighted by molar-refractivity contribution is 7.14. The van der Waals surface area contributed by atoms with Crippen molar-refractivity contribution < 1.29 is 8.78 Å². The summed E-state index contributed by atoms with van der Waals surface area (Å²) >= 11 is 1.60. The Hall–Kier alpha value is -2.98. The highest BCUT2D eigenvalue weighted by atomic mass is 32.1. The molecule has 2 saturated heterocycles. The van der Waals surface area contributed by atoms with Gasteiger partial charge in [-0.2, -0.15) is 5.10 Å². The van der Waals surface area contributed by atoms with E-state index in [9.17, 15) is 8.78 Å². The van der Waals surface area contributed by atoms with Gasteiger partial charge in [0.15, 0.2) is 10.7 Å². The van der Waals surface area contributed by atoms with Crippen molar-refractivity contribution in [1.82, 2.24) is 30.1 Å². The van der Waals surface area contributed by atoms with Crippen molar-refractivity contribution in [2.75, 3.05) is 24.5 Å². The van der Waals surface area contributed by atoms with Crippen molar-refractivity contribution in [2.45, 2.75) is 37.6 Å². The number of piperidine rings is 1. The van der Waals surface area contributed by atoms with E-state index in [-0.39, 0.29) is 6.04 Å². The first-order valence-corrected chi connectivity index (χ1v) is 12.1. The fourth-order valence-corrected chi connectivity index (χ4v) is 5.90. The van der Waals surface area contributed by atoms with E-state index in [1.807, 2.05) is 12.3 Å². The minimum absolute atomic E-state index is 0.255. The summed E-state index contributed by atoms with van der Waals surface area (Å²) in [6.07, 6.45) is 7.39. The maximum Gasteiger partial charge on any atom is 0.167 e. The zero-order chi connectivity index (χ0) is 22.4. The summed E-state index contributed by atoms with van der Waals surface area (Å²) in [6.45, 7) is 2.74. The standard InChI is InChI=1S/C23H23F2N7S/c24-15-3-4-18(25)16(12-15)19-2-1-10-31(19)20-7-11-32-21(28-20)17(13-27-32)23-30-29-22(33-23)14-5-8-26-9-6-14/h3-4,7,11-14,19,26H,1-2,5-6,8-10H2. The van der Waals surface area contributed by atoms with Gasteiger partial charge in [-0.1, -0.05) is 11.3 Å². The average molecular weight is 468 g/mol. The zero-order valence-electron chi connectivity index (χ0n) is 17.9. The second-order valence-corrected chi connectivity index (χ2v) is 9.61. The molecule has 2 fully saturated rings. The molecule has 5 heterocycles. The molecular formula is C23H23F2N7S. The van der Waals surface area contributed by atoms with E-state index in [0.29, 0.717) is 17.1 Å². The Balaban J connectivity index is 1.34. The van der Waals surface area contributed by atoms with E-state index in [1.165, 1.54) is 12.1 Å². The summed E-state index contributed by atoms with van der Waals surface area (Å²) in [7, 11) is 0. The van der Waals surface area contributed by atoms with Crippen LogP contribution in [0.1, 0.15) is 48.2 Å². The summed E-state index contributed by atoms with van der Waals surface area (Å²) in [6, 6.07) is 5.27. The Morgan fingerprint density at radius 1 is 1.06 bits per heavy atom.